The zero-order chi connectivity index (χ0) is 21.6. The van der Waals surface area contributed by atoms with Gasteiger partial charge in [0.2, 0.25) is 5.76 Å². The number of ether oxygens (including phenoxy) is 1. The van der Waals surface area contributed by atoms with E-state index in [0.717, 1.165) is 23.5 Å². The Morgan fingerprint density at radius 3 is 2.16 bits per heavy atom. The van der Waals surface area contributed by atoms with E-state index in [4.69, 9.17) is 13.6 Å². The Bertz CT molecular complexity index is 1310. The van der Waals surface area contributed by atoms with Crippen molar-refractivity contribution in [1.82, 2.24) is 9.97 Å². The van der Waals surface area contributed by atoms with Gasteiger partial charge in [0.25, 0.3) is 16.0 Å². The molecule has 0 radical (unpaired) electrons. The molecular weight excluding hydrogens is 444 g/mol. The molecule has 156 valence electrons. The summed E-state index contributed by atoms with van der Waals surface area (Å²) in [7, 11) is 0. The lowest BCUT2D eigenvalue weighted by atomic mass is 10.1. The van der Waals surface area contributed by atoms with Crippen molar-refractivity contribution >= 4 is 57.7 Å². The summed E-state index contributed by atoms with van der Waals surface area (Å²) in [6.45, 7) is 0. The SMILES string of the molecule is O=C1OC(CSc2nc3ccccc3o2)(C(=O)O)C(Sc2nc3ccccc3o2)=C1O. The maximum absolute atomic E-state index is 12.2. The number of rotatable bonds is 6. The lowest BCUT2D eigenvalue weighted by Gasteiger charge is -2.23. The topological polar surface area (TPSA) is 136 Å². The van der Waals surface area contributed by atoms with Gasteiger partial charge in [-0.3, -0.25) is 0 Å². The average Bonchev–Trinajstić information content (AvgIpc) is 3.42. The number of esters is 1. The normalized spacial score (nSPS) is 18.8. The Morgan fingerprint density at radius 2 is 1.55 bits per heavy atom. The van der Waals surface area contributed by atoms with Crippen LogP contribution in [0.1, 0.15) is 0 Å². The Kier molecular flexibility index (Phi) is 4.63. The van der Waals surface area contributed by atoms with Crippen LogP contribution < -0.4 is 0 Å². The molecule has 1 unspecified atom stereocenters. The van der Waals surface area contributed by atoms with Gasteiger partial charge in [-0.25, -0.2) is 19.6 Å². The maximum Gasteiger partial charge on any atom is 0.375 e. The zero-order valence-corrected chi connectivity index (χ0v) is 17.1. The highest BCUT2D eigenvalue weighted by atomic mass is 32.2. The summed E-state index contributed by atoms with van der Waals surface area (Å²) in [4.78, 5) is 32.7. The summed E-state index contributed by atoms with van der Waals surface area (Å²) in [6.07, 6.45) is 0. The van der Waals surface area contributed by atoms with Crippen LogP contribution in [0.25, 0.3) is 22.2 Å². The number of carboxylic acids is 1. The van der Waals surface area contributed by atoms with Crippen molar-refractivity contribution in [2.75, 3.05) is 5.75 Å². The van der Waals surface area contributed by atoms with Gasteiger partial charge in [0.15, 0.2) is 11.2 Å². The summed E-state index contributed by atoms with van der Waals surface area (Å²) >= 11 is 1.67. The number of para-hydroxylation sites is 4. The number of thioether (sulfide) groups is 2. The van der Waals surface area contributed by atoms with Crippen LogP contribution in [0, 0.1) is 0 Å². The summed E-state index contributed by atoms with van der Waals surface area (Å²) in [5, 5.41) is 20.5. The average molecular weight is 456 g/mol. The van der Waals surface area contributed by atoms with Gasteiger partial charge < -0.3 is 23.8 Å². The summed E-state index contributed by atoms with van der Waals surface area (Å²) in [5.41, 5.74) is 0.0291. The molecule has 1 aliphatic heterocycles. The minimum Gasteiger partial charge on any atom is -0.501 e. The molecule has 1 aliphatic rings. The van der Waals surface area contributed by atoms with Crippen LogP contribution in [0.15, 0.2) is 78.5 Å². The van der Waals surface area contributed by atoms with E-state index >= 15 is 0 Å². The highest BCUT2D eigenvalue weighted by Gasteiger charge is 2.56. The first-order valence-electron chi connectivity index (χ1n) is 8.88. The fourth-order valence-corrected chi connectivity index (χ4v) is 5.08. The van der Waals surface area contributed by atoms with Crippen LogP contribution in [-0.4, -0.2) is 43.5 Å². The molecule has 1 atom stereocenters. The number of hydrogen-bond acceptors (Lipinski definition) is 10. The molecule has 0 fully saturated rings. The van der Waals surface area contributed by atoms with Crippen molar-refractivity contribution < 1.29 is 33.4 Å². The van der Waals surface area contributed by atoms with E-state index in [9.17, 15) is 19.8 Å². The minimum atomic E-state index is -2.15. The third-order valence-electron chi connectivity index (χ3n) is 4.52. The molecular formula is C20H12N2O7S2. The highest BCUT2D eigenvalue weighted by Crippen LogP contribution is 2.46. The third-order valence-corrected chi connectivity index (χ3v) is 6.57. The quantitative estimate of drug-likeness (QED) is 0.322. The minimum absolute atomic E-state index is 0.0681. The molecule has 3 heterocycles. The first-order valence-corrected chi connectivity index (χ1v) is 10.7. The second kappa shape index (κ2) is 7.36. The number of fused-ring (bicyclic) bond motifs is 2. The number of hydrogen-bond donors (Lipinski definition) is 2. The van der Waals surface area contributed by atoms with Gasteiger partial charge in [-0.05, 0) is 36.0 Å². The largest absolute Gasteiger partial charge is 0.501 e. The number of aliphatic hydroxyl groups is 1. The maximum atomic E-state index is 12.2. The van der Waals surface area contributed by atoms with Crippen molar-refractivity contribution in [1.29, 1.82) is 0 Å². The number of oxazole rings is 2. The molecule has 0 bridgehead atoms. The first-order chi connectivity index (χ1) is 15.0. The Labute approximate surface area is 182 Å². The van der Waals surface area contributed by atoms with Gasteiger partial charge in [0.05, 0.1) is 10.7 Å². The highest BCUT2D eigenvalue weighted by molar-refractivity contribution is 8.03. The van der Waals surface area contributed by atoms with Gasteiger partial charge in [0, 0.05) is 0 Å². The van der Waals surface area contributed by atoms with Crippen molar-refractivity contribution in [2.45, 2.75) is 16.0 Å². The second-order valence-corrected chi connectivity index (χ2v) is 8.37. The molecule has 5 rings (SSSR count). The summed E-state index contributed by atoms with van der Waals surface area (Å²) < 4.78 is 16.3. The van der Waals surface area contributed by atoms with Gasteiger partial charge in [-0.15, -0.1) is 0 Å². The van der Waals surface area contributed by atoms with Crippen molar-refractivity contribution in [3.05, 3.63) is 59.2 Å². The van der Waals surface area contributed by atoms with Crippen LogP contribution in [0.5, 0.6) is 0 Å². The molecule has 2 aromatic heterocycles. The molecule has 0 saturated carbocycles. The van der Waals surface area contributed by atoms with E-state index < -0.39 is 23.3 Å². The fourth-order valence-electron chi connectivity index (χ4n) is 3.02. The van der Waals surface area contributed by atoms with E-state index in [1.807, 2.05) is 0 Å². The monoisotopic (exact) mass is 456 g/mol. The van der Waals surface area contributed by atoms with Crippen molar-refractivity contribution in [3.8, 4) is 0 Å². The molecule has 31 heavy (non-hydrogen) atoms. The number of aliphatic carboxylic acids is 1. The number of carboxylic acid groups (broad SMARTS) is 1. The van der Waals surface area contributed by atoms with Crippen LogP contribution in [0.4, 0.5) is 0 Å². The van der Waals surface area contributed by atoms with E-state index in [2.05, 4.69) is 9.97 Å². The van der Waals surface area contributed by atoms with Gasteiger partial charge in [-0.1, -0.05) is 36.0 Å². The molecule has 0 saturated heterocycles. The van der Waals surface area contributed by atoms with Gasteiger partial charge in [-0.2, -0.15) is 0 Å². The Hall–Kier alpha value is -3.44. The third kappa shape index (κ3) is 3.31. The van der Waals surface area contributed by atoms with E-state index in [1.54, 1.807) is 48.5 Å². The number of benzene rings is 2. The number of carbonyl (C=O) groups excluding carboxylic acids is 1. The standard InChI is InChI=1S/C20H12N2O7S2/c23-14-15(31-19-22-11-6-2-4-8-13(11)28-19)20(17(25)26,29-16(14)24)9-30-18-21-10-5-1-3-7-12(10)27-18/h1-8,23H,9H2,(H,25,26). The van der Waals surface area contributed by atoms with E-state index in [-0.39, 0.29) is 21.1 Å². The Balaban J connectivity index is 1.47. The van der Waals surface area contributed by atoms with Crippen LogP contribution in [0.3, 0.4) is 0 Å². The number of aromatic nitrogens is 2. The summed E-state index contributed by atoms with van der Waals surface area (Å²) in [5.74, 6) is -3.67. The van der Waals surface area contributed by atoms with Crippen LogP contribution in [0.2, 0.25) is 0 Å². The number of nitrogens with zero attached hydrogens (tertiary/aromatic N) is 2. The summed E-state index contributed by atoms with van der Waals surface area (Å²) in [6, 6.07) is 14.0. The molecule has 11 heteroatoms. The number of cyclic esters (lactones) is 1. The lowest BCUT2D eigenvalue weighted by Crippen LogP contribution is -2.43. The Morgan fingerprint density at radius 1 is 0.968 bits per heavy atom. The molecule has 9 nitrogen and oxygen atoms in total. The second-order valence-electron chi connectivity index (χ2n) is 6.49. The lowest BCUT2D eigenvalue weighted by molar-refractivity contribution is -0.165. The van der Waals surface area contributed by atoms with Crippen molar-refractivity contribution in [3.63, 3.8) is 0 Å². The fraction of sp³-hybridized carbons (Fsp3) is 0.100. The molecule has 0 aliphatic carbocycles. The van der Waals surface area contributed by atoms with Gasteiger partial charge in [0.1, 0.15) is 11.0 Å². The van der Waals surface area contributed by atoms with Crippen LogP contribution >= 0.6 is 23.5 Å². The van der Waals surface area contributed by atoms with E-state index in [1.165, 1.54) is 0 Å². The molecule has 0 spiro atoms. The number of carbonyl (C=O) groups is 2. The predicted octanol–water partition coefficient (Wildman–Crippen LogP) is 4.00. The molecule has 2 N–H and O–H groups in total. The smallest absolute Gasteiger partial charge is 0.375 e. The zero-order valence-electron chi connectivity index (χ0n) is 15.5. The number of aliphatic hydroxyl groups excluding tert-OH is 1. The van der Waals surface area contributed by atoms with Crippen molar-refractivity contribution in [2.24, 2.45) is 0 Å². The predicted molar refractivity (Wildman–Crippen MR) is 111 cm³/mol. The van der Waals surface area contributed by atoms with Crippen LogP contribution in [-0.2, 0) is 14.3 Å². The molecule has 4 aromatic rings. The molecule has 2 aromatic carbocycles. The first kappa shape index (κ1) is 19.5. The van der Waals surface area contributed by atoms with E-state index in [0.29, 0.717) is 22.2 Å². The molecule has 0 amide bonds. The van der Waals surface area contributed by atoms with Gasteiger partial charge >= 0.3 is 11.9 Å².